The Morgan fingerprint density at radius 1 is 1.53 bits per heavy atom. The Kier molecular flexibility index (Phi) is 3.76. The van der Waals surface area contributed by atoms with Crippen molar-refractivity contribution < 1.29 is 4.74 Å². The van der Waals surface area contributed by atoms with Crippen LogP contribution in [0.3, 0.4) is 0 Å². The van der Waals surface area contributed by atoms with E-state index in [0.29, 0.717) is 6.54 Å². The Morgan fingerprint density at radius 3 is 3.06 bits per heavy atom. The molecule has 2 N–H and O–H groups in total. The molecule has 0 saturated carbocycles. The van der Waals surface area contributed by atoms with Crippen LogP contribution >= 0.6 is 0 Å². The predicted octanol–water partition coefficient (Wildman–Crippen LogP) is -0.152. The van der Waals surface area contributed by atoms with Crippen molar-refractivity contribution in [3.05, 3.63) is 11.9 Å². The van der Waals surface area contributed by atoms with E-state index in [0.717, 1.165) is 38.5 Å². The average molecular weight is 239 g/mol. The van der Waals surface area contributed by atoms with Crippen LogP contribution in [-0.4, -0.2) is 51.7 Å². The van der Waals surface area contributed by atoms with Crippen molar-refractivity contribution in [2.45, 2.75) is 32.5 Å². The van der Waals surface area contributed by atoms with Crippen LogP contribution in [0.2, 0.25) is 0 Å². The Morgan fingerprint density at radius 2 is 2.35 bits per heavy atom. The quantitative estimate of drug-likeness (QED) is 0.791. The number of morpholine rings is 1. The molecule has 0 radical (unpaired) electrons. The molecule has 1 aliphatic rings. The summed E-state index contributed by atoms with van der Waals surface area (Å²) in [6, 6.07) is 0. The molecule has 1 fully saturated rings. The summed E-state index contributed by atoms with van der Waals surface area (Å²) >= 11 is 0. The predicted molar refractivity (Wildman–Crippen MR) is 64.4 cm³/mol. The Balaban J connectivity index is 1.91. The highest BCUT2D eigenvalue weighted by Crippen LogP contribution is 2.17. The lowest BCUT2D eigenvalue weighted by Gasteiger charge is -2.37. The van der Waals surface area contributed by atoms with Gasteiger partial charge in [-0.05, 0) is 13.8 Å². The second-order valence-electron chi connectivity index (χ2n) is 5.08. The molecular formula is C11H21N5O. The number of hydrogen-bond acceptors (Lipinski definition) is 5. The minimum absolute atomic E-state index is 0.0640. The fraction of sp³-hybridized carbons (Fsp3) is 0.818. The summed E-state index contributed by atoms with van der Waals surface area (Å²) in [5.41, 5.74) is 6.41. The third kappa shape index (κ3) is 3.49. The van der Waals surface area contributed by atoms with Crippen LogP contribution in [0, 0.1) is 0 Å². The highest BCUT2D eigenvalue weighted by Gasteiger charge is 2.27. The zero-order chi connectivity index (χ0) is 12.3. The SMILES string of the molecule is CC1(C)CN(Cc2cn(CCN)nn2)CCO1. The normalized spacial score (nSPS) is 20.6. The number of nitrogens with two attached hydrogens (primary N) is 1. The van der Waals surface area contributed by atoms with Crippen molar-refractivity contribution in [1.82, 2.24) is 19.9 Å². The third-order valence-electron chi connectivity index (χ3n) is 2.83. The first-order valence-electron chi connectivity index (χ1n) is 6.04. The van der Waals surface area contributed by atoms with Gasteiger partial charge in [-0.2, -0.15) is 0 Å². The van der Waals surface area contributed by atoms with Gasteiger partial charge in [-0.25, -0.2) is 0 Å². The van der Waals surface area contributed by atoms with Gasteiger partial charge in [0.05, 0.1) is 24.4 Å². The van der Waals surface area contributed by atoms with Crippen LogP contribution in [0.5, 0.6) is 0 Å². The summed E-state index contributed by atoms with van der Waals surface area (Å²) in [4.78, 5) is 2.35. The van der Waals surface area contributed by atoms with Crippen LogP contribution in [0.25, 0.3) is 0 Å². The first kappa shape index (κ1) is 12.5. The third-order valence-corrected chi connectivity index (χ3v) is 2.83. The molecule has 0 aliphatic carbocycles. The van der Waals surface area contributed by atoms with Gasteiger partial charge in [-0.1, -0.05) is 5.21 Å². The van der Waals surface area contributed by atoms with Crippen molar-refractivity contribution in [2.24, 2.45) is 5.73 Å². The fourth-order valence-corrected chi connectivity index (χ4v) is 2.13. The highest BCUT2D eigenvalue weighted by molar-refractivity contribution is 4.94. The summed E-state index contributed by atoms with van der Waals surface area (Å²) in [7, 11) is 0. The van der Waals surface area contributed by atoms with Gasteiger partial charge in [-0.3, -0.25) is 9.58 Å². The van der Waals surface area contributed by atoms with Crippen LogP contribution < -0.4 is 5.73 Å². The molecule has 2 heterocycles. The molecule has 0 spiro atoms. The molecule has 0 amide bonds. The molecular weight excluding hydrogens is 218 g/mol. The van der Waals surface area contributed by atoms with E-state index in [1.807, 2.05) is 6.20 Å². The van der Waals surface area contributed by atoms with Crippen molar-refractivity contribution in [3.63, 3.8) is 0 Å². The van der Waals surface area contributed by atoms with Gasteiger partial charge >= 0.3 is 0 Å². The van der Waals surface area contributed by atoms with Crippen molar-refractivity contribution in [1.29, 1.82) is 0 Å². The van der Waals surface area contributed by atoms with E-state index in [9.17, 15) is 0 Å². The van der Waals surface area contributed by atoms with Gasteiger partial charge in [0.15, 0.2) is 0 Å². The molecule has 6 heteroatoms. The molecule has 96 valence electrons. The molecule has 0 aromatic carbocycles. The minimum atomic E-state index is -0.0640. The van der Waals surface area contributed by atoms with Gasteiger partial charge < -0.3 is 10.5 Å². The maximum atomic E-state index is 5.68. The largest absolute Gasteiger partial charge is 0.373 e. The number of ether oxygens (including phenoxy) is 1. The van der Waals surface area contributed by atoms with Crippen molar-refractivity contribution in [3.8, 4) is 0 Å². The van der Waals surface area contributed by atoms with E-state index >= 15 is 0 Å². The molecule has 1 aliphatic heterocycles. The fourth-order valence-electron chi connectivity index (χ4n) is 2.13. The Bertz CT molecular complexity index is 362. The van der Waals surface area contributed by atoms with Crippen LogP contribution in [0.4, 0.5) is 0 Å². The van der Waals surface area contributed by atoms with Gasteiger partial charge in [-0.15, -0.1) is 5.10 Å². The average Bonchev–Trinajstić information content (AvgIpc) is 2.64. The van der Waals surface area contributed by atoms with E-state index in [2.05, 4.69) is 29.1 Å². The first-order chi connectivity index (χ1) is 8.09. The van der Waals surface area contributed by atoms with Gasteiger partial charge in [0.1, 0.15) is 0 Å². The van der Waals surface area contributed by atoms with E-state index in [1.54, 1.807) is 4.68 Å². The van der Waals surface area contributed by atoms with E-state index in [4.69, 9.17) is 10.5 Å². The zero-order valence-corrected chi connectivity index (χ0v) is 10.6. The number of aromatic nitrogens is 3. The number of hydrogen-bond donors (Lipinski definition) is 1. The highest BCUT2D eigenvalue weighted by atomic mass is 16.5. The van der Waals surface area contributed by atoms with Crippen molar-refractivity contribution >= 4 is 0 Å². The monoisotopic (exact) mass is 239 g/mol. The van der Waals surface area contributed by atoms with E-state index < -0.39 is 0 Å². The lowest BCUT2D eigenvalue weighted by atomic mass is 10.1. The first-order valence-corrected chi connectivity index (χ1v) is 6.04. The van der Waals surface area contributed by atoms with Crippen LogP contribution in [0.1, 0.15) is 19.5 Å². The Hall–Kier alpha value is -0.980. The standard InChI is InChI=1S/C11H21N5O/c1-11(2)9-15(5-6-17-11)7-10-8-16(4-3-12)14-13-10/h8H,3-7,9,12H2,1-2H3. The molecule has 6 nitrogen and oxygen atoms in total. The van der Waals surface area contributed by atoms with E-state index in [-0.39, 0.29) is 5.60 Å². The summed E-state index contributed by atoms with van der Waals surface area (Å²) < 4.78 is 7.47. The van der Waals surface area contributed by atoms with Crippen molar-refractivity contribution in [2.75, 3.05) is 26.2 Å². The lowest BCUT2D eigenvalue weighted by molar-refractivity contribution is -0.0885. The Labute approximate surface area is 102 Å². The summed E-state index contributed by atoms with van der Waals surface area (Å²) in [5, 5.41) is 8.19. The van der Waals surface area contributed by atoms with E-state index in [1.165, 1.54) is 0 Å². The molecule has 0 atom stereocenters. The van der Waals surface area contributed by atoms with Crippen LogP contribution in [-0.2, 0) is 17.8 Å². The smallest absolute Gasteiger partial charge is 0.0967 e. The molecule has 1 aromatic rings. The van der Waals surface area contributed by atoms with Gasteiger partial charge in [0.25, 0.3) is 0 Å². The second-order valence-corrected chi connectivity index (χ2v) is 5.08. The summed E-state index contributed by atoms with van der Waals surface area (Å²) in [6.45, 7) is 9.04. The van der Waals surface area contributed by atoms with Crippen LogP contribution in [0.15, 0.2) is 6.20 Å². The summed E-state index contributed by atoms with van der Waals surface area (Å²) in [6.07, 6.45) is 1.97. The number of rotatable bonds is 4. The maximum Gasteiger partial charge on any atom is 0.0967 e. The molecule has 0 unspecified atom stereocenters. The molecule has 1 aromatic heterocycles. The zero-order valence-electron chi connectivity index (χ0n) is 10.6. The van der Waals surface area contributed by atoms with Gasteiger partial charge in [0, 0.05) is 32.4 Å². The molecule has 2 rings (SSSR count). The molecule has 1 saturated heterocycles. The maximum absolute atomic E-state index is 5.68. The molecule has 0 bridgehead atoms. The summed E-state index contributed by atoms with van der Waals surface area (Å²) in [5.74, 6) is 0. The minimum Gasteiger partial charge on any atom is -0.373 e. The second kappa shape index (κ2) is 5.12. The molecule has 17 heavy (non-hydrogen) atoms. The lowest BCUT2D eigenvalue weighted by Crippen LogP contribution is -2.47. The van der Waals surface area contributed by atoms with Gasteiger partial charge in [0.2, 0.25) is 0 Å². The number of nitrogens with zero attached hydrogens (tertiary/aromatic N) is 4. The topological polar surface area (TPSA) is 69.2 Å².